The molecule has 0 bridgehead atoms. The van der Waals surface area contributed by atoms with Crippen LogP contribution in [0.3, 0.4) is 0 Å². The molecule has 1 fully saturated rings. The van der Waals surface area contributed by atoms with Crippen molar-refractivity contribution in [3.8, 4) is 11.5 Å². The highest BCUT2D eigenvalue weighted by atomic mass is 19.4. The minimum absolute atomic E-state index is 0.0563. The minimum atomic E-state index is -4.43. The van der Waals surface area contributed by atoms with E-state index < -0.39 is 11.7 Å². The number of halogens is 3. The van der Waals surface area contributed by atoms with E-state index in [4.69, 9.17) is 4.52 Å². The lowest BCUT2D eigenvalue weighted by molar-refractivity contribution is -0.137. The molecule has 2 heterocycles. The summed E-state index contributed by atoms with van der Waals surface area (Å²) in [7, 11) is 0. The summed E-state index contributed by atoms with van der Waals surface area (Å²) in [5.74, 6) is 0.599. The number of amides is 1. The van der Waals surface area contributed by atoms with Gasteiger partial charge in [0.1, 0.15) is 0 Å². The first kappa shape index (κ1) is 22.0. The first-order valence-corrected chi connectivity index (χ1v) is 10.4. The normalized spacial score (nSPS) is 15.2. The van der Waals surface area contributed by atoms with Gasteiger partial charge in [-0.15, -0.1) is 0 Å². The van der Waals surface area contributed by atoms with E-state index in [1.54, 1.807) is 0 Å². The maximum Gasteiger partial charge on any atom is 0.416 e. The van der Waals surface area contributed by atoms with E-state index in [-0.39, 0.29) is 17.4 Å². The van der Waals surface area contributed by atoms with Gasteiger partial charge in [-0.25, -0.2) is 0 Å². The Labute approximate surface area is 183 Å². The Morgan fingerprint density at radius 3 is 2.47 bits per heavy atom. The van der Waals surface area contributed by atoms with Gasteiger partial charge in [-0.1, -0.05) is 41.6 Å². The van der Waals surface area contributed by atoms with E-state index in [0.29, 0.717) is 45.0 Å². The molecule has 0 aliphatic carbocycles. The molecule has 2 aromatic carbocycles. The highest BCUT2D eigenvalue weighted by Gasteiger charge is 2.31. The Balaban J connectivity index is 1.28. The Kier molecular flexibility index (Phi) is 6.55. The molecule has 1 aromatic heterocycles. The predicted molar refractivity (Wildman–Crippen MR) is 111 cm³/mol. The molecule has 0 atom stereocenters. The van der Waals surface area contributed by atoms with Gasteiger partial charge < -0.3 is 9.42 Å². The van der Waals surface area contributed by atoms with Gasteiger partial charge in [-0.2, -0.15) is 18.2 Å². The molecule has 6 nitrogen and oxygen atoms in total. The van der Waals surface area contributed by atoms with Crippen LogP contribution in [0.1, 0.15) is 23.4 Å². The fourth-order valence-corrected chi connectivity index (χ4v) is 3.67. The van der Waals surface area contributed by atoms with Gasteiger partial charge in [0.25, 0.3) is 5.89 Å². The van der Waals surface area contributed by atoms with Crippen LogP contribution in [-0.4, -0.2) is 52.0 Å². The molecular formula is C23H23F3N4O2. The Morgan fingerprint density at radius 1 is 1.00 bits per heavy atom. The van der Waals surface area contributed by atoms with E-state index in [0.717, 1.165) is 24.1 Å². The van der Waals surface area contributed by atoms with Gasteiger partial charge in [-0.05, 0) is 30.2 Å². The Bertz CT molecular complexity index is 1040. The molecular weight excluding hydrogens is 421 g/mol. The number of carbonyl (C=O) groups is 1. The molecule has 0 spiro atoms. The van der Waals surface area contributed by atoms with Crippen LogP contribution in [0.15, 0.2) is 59.1 Å². The Hall–Kier alpha value is -3.20. The van der Waals surface area contributed by atoms with Crippen LogP contribution < -0.4 is 0 Å². The molecule has 168 valence electrons. The lowest BCUT2D eigenvalue weighted by Gasteiger charge is -2.34. The van der Waals surface area contributed by atoms with Crippen molar-refractivity contribution < 1.29 is 22.5 Å². The van der Waals surface area contributed by atoms with Gasteiger partial charge in [0, 0.05) is 38.2 Å². The van der Waals surface area contributed by atoms with E-state index in [1.807, 2.05) is 35.2 Å². The molecule has 32 heavy (non-hydrogen) atoms. The predicted octanol–water partition coefficient (Wildman–Crippen LogP) is 4.03. The van der Waals surface area contributed by atoms with E-state index in [2.05, 4.69) is 15.0 Å². The molecule has 3 aromatic rings. The fraction of sp³-hybridized carbons (Fsp3) is 0.348. The quantitative estimate of drug-likeness (QED) is 0.575. The van der Waals surface area contributed by atoms with E-state index in [1.165, 1.54) is 12.1 Å². The summed E-state index contributed by atoms with van der Waals surface area (Å²) in [6, 6.07) is 14.7. The largest absolute Gasteiger partial charge is 0.416 e. The zero-order valence-corrected chi connectivity index (χ0v) is 17.4. The van der Waals surface area contributed by atoms with Crippen molar-refractivity contribution in [1.29, 1.82) is 0 Å². The second-order valence-corrected chi connectivity index (χ2v) is 7.74. The second-order valence-electron chi connectivity index (χ2n) is 7.74. The van der Waals surface area contributed by atoms with Crippen molar-refractivity contribution in [2.75, 3.05) is 26.2 Å². The average Bonchev–Trinajstić information content (AvgIpc) is 3.27. The minimum Gasteiger partial charge on any atom is -0.340 e. The number of rotatable bonds is 6. The summed E-state index contributed by atoms with van der Waals surface area (Å²) in [5.41, 5.74) is 0.614. The van der Waals surface area contributed by atoms with Crippen molar-refractivity contribution in [2.24, 2.45) is 0 Å². The monoisotopic (exact) mass is 444 g/mol. The number of nitrogens with zero attached hydrogens (tertiary/aromatic N) is 4. The standard InChI is InChI=1S/C23H23F3N4O2/c24-23(25,26)19-8-4-7-18(15-19)22-27-20(28-32-22)16-29-11-13-30(14-12-29)21(31)10-9-17-5-2-1-3-6-17/h1-8,15H,9-14,16H2. The summed E-state index contributed by atoms with van der Waals surface area (Å²) in [5, 5.41) is 3.91. The molecule has 9 heteroatoms. The third-order valence-corrected chi connectivity index (χ3v) is 5.47. The molecule has 0 radical (unpaired) electrons. The van der Waals surface area contributed by atoms with Crippen LogP contribution in [0, 0.1) is 0 Å². The van der Waals surface area contributed by atoms with Crippen LogP contribution in [-0.2, 0) is 23.9 Å². The number of alkyl halides is 3. The first-order valence-electron chi connectivity index (χ1n) is 10.4. The molecule has 0 unspecified atom stereocenters. The number of hydrogen-bond donors (Lipinski definition) is 0. The lowest BCUT2D eigenvalue weighted by Crippen LogP contribution is -2.48. The van der Waals surface area contributed by atoms with Crippen LogP contribution in [0.25, 0.3) is 11.5 Å². The number of benzene rings is 2. The lowest BCUT2D eigenvalue weighted by atomic mass is 10.1. The summed E-state index contributed by atoms with van der Waals surface area (Å²) in [4.78, 5) is 20.7. The topological polar surface area (TPSA) is 62.5 Å². The number of aryl methyl sites for hydroxylation is 1. The first-order chi connectivity index (χ1) is 15.4. The third kappa shape index (κ3) is 5.53. The van der Waals surface area contributed by atoms with Crippen LogP contribution in [0.2, 0.25) is 0 Å². The van der Waals surface area contributed by atoms with Crippen LogP contribution in [0.4, 0.5) is 13.2 Å². The molecule has 1 saturated heterocycles. The van der Waals surface area contributed by atoms with Crippen LogP contribution in [0.5, 0.6) is 0 Å². The molecule has 1 amide bonds. The second kappa shape index (κ2) is 9.52. The van der Waals surface area contributed by atoms with Crippen molar-refractivity contribution >= 4 is 5.91 Å². The van der Waals surface area contributed by atoms with E-state index in [9.17, 15) is 18.0 Å². The zero-order valence-electron chi connectivity index (χ0n) is 17.4. The number of piperazine rings is 1. The van der Waals surface area contributed by atoms with Gasteiger partial charge in [-0.3, -0.25) is 9.69 Å². The SMILES string of the molecule is O=C(CCc1ccccc1)N1CCN(Cc2noc(-c3cccc(C(F)(F)F)c3)n2)CC1. The number of carbonyl (C=O) groups excluding carboxylic acids is 1. The fourth-order valence-electron chi connectivity index (χ4n) is 3.67. The smallest absolute Gasteiger partial charge is 0.340 e. The van der Waals surface area contributed by atoms with Crippen molar-refractivity contribution in [1.82, 2.24) is 19.9 Å². The van der Waals surface area contributed by atoms with E-state index >= 15 is 0 Å². The summed E-state index contributed by atoms with van der Waals surface area (Å²) in [6.07, 6.45) is -3.23. The molecule has 1 aliphatic heterocycles. The van der Waals surface area contributed by atoms with Crippen molar-refractivity contribution in [3.05, 3.63) is 71.5 Å². The maximum absolute atomic E-state index is 12.9. The Morgan fingerprint density at radius 2 is 1.75 bits per heavy atom. The molecule has 1 aliphatic rings. The molecule has 4 rings (SSSR count). The molecule has 0 saturated carbocycles. The van der Waals surface area contributed by atoms with Gasteiger partial charge >= 0.3 is 6.18 Å². The molecule has 0 N–H and O–H groups in total. The third-order valence-electron chi connectivity index (χ3n) is 5.47. The highest BCUT2D eigenvalue weighted by Crippen LogP contribution is 2.31. The number of hydrogen-bond acceptors (Lipinski definition) is 5. The maximum atomic E-state index is 12.9. The van der Waals surface area contributed by atoms with Crippen molar-refractivity contribution in [3.63, 3.8) is 0 Å². The summed E-state index contributed by atoms with van der Waals surface area (Å²) >= 11 is 0. The zero-order chi connectivity index (χ0) is 22.6. The van der Waals surface area contributed by atoms with Crippen molar-refractivity contribution in [2.45, 2.75) is 25.6 Å². The summed E-state index contributed by atoms with van der Waals surface area (Å²) < 4.78 is 43.9. The average molecular weight is 444 g/mol. The van der Waals surface area contributed by atoms with Gasteiger partial charge in [0.05, 0.1) is 12.1 Å². The highest BCUT2D eigenvalue weighted by molar-refractivity contribution is 5.76. The number of aromatic nitrogens is 2. The van der Waals surface area contributed by atoms with Gasteiger partial charge in [0.2, 0.25) is 5.91 Å². The van der Waals surface area contributed by atoms with Gasteiger partial charge in [0.15, 0.2) is 5.82 Å². The summed E-state index contributed by atoms with van der Waals surface area (Å²) in [6.45, 7) is 2.99. The van der Waals surface area contributed by atoms with Crippen LogP contribution >= 0.6 is 0 Å².